The molecule has 1 aromatic heterocycles. The van der Waals surface area contributed by atoms with Crippen molar-refractivity contribution in [2.75, 3.05) is 0 Å². The Labute approximate surface area is 135 Å². The molecule has 0 fully saturated rings. The highest BCUT2D eigenvalue weighted by Gasteiger charge is 2.22. The fraction of sp³-hybridized carbons (Fsp3) is 0.238. The largest absolute Gasteiger partial charge is 0.135 e. The van der Waals surface area contributed by atoms with Crippen LogP contribution in [0.15, 0.2) is 54.6 Å². The third-order valence-corrected chi connectivity index (χ3v) is 6.20. The average Bonchev–Trinajstić information content (AvgIpc) is 2.93. The molecule has 0 saturated carbocycles. The van der Waals surface area contributed by atoms with Gasteiger partial charge in [-0.3, -0.25) is 0 Å². The predicted molar refractivity (Wildman–Crippen MR) is 100 cm³/mol. The summed E-state index contributed by atoms with van der Waals surface area (Å²) in [6.07, 6.45) is 1.15. The zero-order valence-electron chi connectivity index (χ0n) is 13.3. The maximum absolute atomic E-state index is 2.35. The number of benzene rings is 3. The van der Waals surface area contributed by atoms with Gasteiger partial charge in [-0.15, -0.1) is 11.3 Å². The molecule has 0 radical (unpaired) electrons. The van der Waals surface area contributed by atoms with Crippen molar-refractivity contribution < 1.29 is 0 Å². The van der Waals surface area contributed by atoms with Gasteiger partial charge in [0.15, 0.2) is 0 Å². The van der Waals surface area contributed by atoms with Crippen molar-refractivity contribution in [2.24, 2.45) is 0 Å². The van der Waals surface area contributed by atoms with Crippen LogP contribution in [0.5, 0.6) is 0 Å². The van der Waals surface area contributed by atoms with Gasteiger partial charge in [0.1, 0.15) is 0 Å². The summed E-state index contributed by atoms with van der Waals surface area (Å²) in [5.41, 5.74) is 1.70. The van der Waals surface area contributed by atoms with Gasteiger partial charge in [0.05, 0.1) is 0 Å². The smallest absolute Gasteiger partial charge is 0.0393 e. The van der Waals surface area contributed by atoms with Crippen molar-refractivity contribution in [1.29, 1.82) is 0 Å². The van der Waals surface area contributed by atoms with E-state index in [0.29, 0.717) is 0 Å². The lowest BCUT2D eigenvalue weighted by Gasteiger charge is -2.24. The van der Waals surface area contributed by atoms with Gasteiger partial charge < -0.3 is 0 Å². The minimum Gasteiger partial charge on any atom is -0.135 e. The highest BCUT2D eigenvalue weighted by molar-refractivity contribution is 7.26. The van der Waals surface area contributed by atoms with Crippen LogP contribution in [0.1, 0.15) is 32.8 Å². The number of hydrogen-bond donors (Lipinski definition) is 0. The maximum atomic E-state index is 2.35. The van der Waals surface area contributed by atoms with Crippen LogP contribution in [0.4, 0.5) is 0 Å². The molecule has 110 valence electrons. The molecule has 1 heterocycles. The normalized spacial score (nSPS) is 12.5. The minimum absolute atomic E-state index is 0.218. The lowest BCUT2D eigenvalue weighted by Crippen LogP contribution is -2.15. The molecule has 0 nitrogen and oxygen atoms in total. The summed E-state index contributed by atoms with van der Waals surface area (Å²) in [7, 11) is 0. The molecule has 0 amide bonds. The number of rotatable bonds is 2. The molecule has 1 heteroatoms. The minimum atomic E-state index is 0.218. The highest BCUT2D eigenvalue weighted by atomic mass is 32.1. The van der Waals surface area contributed by atoms with Crippen molar-refractivity contribution in [3.05, 3.63) is 60.2 Å². The molecule has 3 aromatic carbocycles. The molecule has 22 heavy (non-hydrogen) atoms. The lowest BCUT2D eigenvalue weighted by molar-refractivity contribution is 0.511. The third kappa shape index (κ3) is 1.89. The second-order valence-corrected chi connectivity index (χ2v) is 7.73. The Kier molecular flexibility index (Phi) is 3.02. The van der Waals surface area contributed by atoms with Gasteiger partial charge in [0.2, 0.25) is 0 Å². The van der Waals surface area contributed by atoms with Crippen LogP contribution in [0.25, 0.3) is 30.9 Å². The van der Waals surface area contributed by atoms with E-state index >= 15 is 0 Å². The second kappa shape index (κ2) is 4.82. The van der Waals surface area contributed by atoms with Crippen molar-refractivity contribution in [3.8, 4) is 0 Å². The van der Waals surface area contributed by atoms with Crippen LogP contribution >= 0.6 is 11.3 Å². The van der Waals surface area contributed by atoms with Gasteiger partial charge in [-0.05, 0) is 34.2 Å². The Morgan fingerprint density at radius 2 is 1.64 bits per heavy atom. The topological polar surface area (TPSA) is 0 Å². The first kappa shape index (κ1) is 13.8. The van der Waals surface area contributed by atoms with Crippen LogP contribution < -0.4 is 0 Å². The first-order valence-corrected chi connectivity index (χ1v) is 8.77. The molecule has 0 spiro atoms. The molecule has 0 aliphatic rings. The summed E-state index contributed by atoms with van der Waals surface area (Å²) in [5.74, 6) is 0. The van der Waals surface area contributed by atoms with Gasteiger partial charge in [-0.2, -0.15) is 0 Å². The molecular weight excluding hydrogens is 284 g/mol. The second-order valence-electron chi connectivity index (χ2n) is 6.68. The number of fused-ring (bicyclic) bond motifs is 5. The summed E-state index contributed by atoms with van der Waals surface area (Å²) in [5, 5.41) is 5.54. The van der Waals surface area contributed by atoms with E-state index in [1.807, 2.05) is 11.3 Å². The SMILES string of the molecule is CCC(C)(C)c1cccc2c1sc1ccc3ccccc3c12. The van der Waals surface area contributed by atoms with E-state index in [4.69, 9.17) is 0 Å². The fourth-order valence-corrected chi connectivity index (χ4v) is 4.70. The summed E-state index contributed by atoms with van der Waals surface area (Å²) in [6, 6.07) is 20.1. The molecule has 4 rings (SSSR count). The van der Waals surface area contributed by atoms with Crippen LogP contribution in [0.2, 0.25) is 0 Å². The van der Waals surface area contributed by atoms with E-state index in [2.05, 4.69) is 75.4 Å². The van der Waals surface area contributed by atoms with E-state index in [1.54, 1.807) is 0 Å². The summed E-state index contributed by atoms with van der Waals surface area (Å²) in [6.45, 7) is 6.98. The van der Waals surface area contributed by atoms with E-state index in [-0.39, 0.29) is 5.41 Å². The van der Waals surface area contributed by atoms with Gasteiger partial charge >= 0.3 is 0 Å². The first-order chi connectivity index (χ1) is 10.6. The molecule has 0 aliphatic heterocycles. The zero-order valence-corrected chi connectivity index (χ0v) is 14.1. The third-order valence-electron chi connectivity index (χ3n) is 5.00. The monoisotopic (exact) mass is 304 g/mol. The van der Waals surface area contributed by atoms with Crippen LogP contribution in [0, 0.1) is 0 Å². The molecule has 0 aliphatic carbocycles. The van der Waals surface area contributed by atoms with E-state index in [9.17, 15) is 0 Å². The Balaban J connectivity index is 2.20. The van der Waals surface area contributed by atoms with Crippen LogP contribution in [0.3, 0.4) is 0 Å². The molecular formula is C21H20S. The molecule has 0 unspecified atom stereocenters. The Hall–Kier alpha value is -1.86. The average molecular weight is 304 g/mol. The molecule has 0 N–H and O–H groups in total. The van der Waals surface area contributed by atoms with Crippen molar-refractivity contribution in [1.82, 2.24) is 0 Å². The Morgan fingerprint density at radius 1 is 0.864 bits per heavy atom. The molecule has 4 aromatic rings. The maximum Gasteiger partial charge on any atom is 0.0393 e. The van der Waals surface area contributed by atoms with Crippen LogP contribution in [-0.2, 0) is 5.41 Å². The van der Waals surface area contributed by atoms with Crippen LogP contribution in [-0.4, -0.2) is 0 Å². The standard InChI is InChI=1S/C21H20S/c1-4-21(2,3)17-11-7-10-16-19-15-9-6-5-8-14(15)12-13-18(19)22-20(16)17/h5-13H,4H2,1-3H3. The van der Waals surface area contributed by atoms with E-state index < -0.39 is 0 Å². The predicted octanol–water partition coefficient (Wildman–Crippen LogP) is 6.90. The number of hydrogen-bond acceptors (Lipinski definition) is 1. The van der Waals surface area contributed by atoms with Crippen molar-refractivity contribution in [2.45, 2.75) is 32.6 Å². The van der Waals surface area contributed by atoms with Gasteiger partial charge in [0.25, 0.3) is 0 Å². The molecule has 0 saturated heterocycles. The fourth-order valence-electron chi connectivity index (χ4n) is 3.29. The first-order valence-electron chi connectivity index (χ1n) is 7.95. The van der Waals surface area contributed by atoms with Gasteiger partial charge in [0, 0.05) is 20.2 Å². The Bertz CT molecular complexity index is 989. The summed E-state index contributed by atoms with van der Waals surface area (Å²) in [4.78, 5) is 0. The van der Waals surface area contributed by atoms with Gasteiger partial charge in [-0.1, -0.05) is 69.3 Å². The molecule has 0 bridgehead atoms. The summed E-state index contributed by atoms with van der Waals surface area (Å²) < 4.78 is 2.86. The van der Waals surface area contributed by atoms with E-state index in [0.717, 1.165) is 6.42 Å². The summed E-state index contributed by atoms with van der Waals surface area (Å²) >= 11 is 1.95. The van der Waals surface area contributed by atoms with Gasteiger partial charge in [-0.25, -0.2) is 0 Å². The van der Waals surface area contributed by atoms with Crippen molar-refractivity contribution >= 4 is 42.3 Å². The molecule has 0 atom stereocenters. The van der Waals surface area contributed by atoms with Crippen molar-refractivity contribution in [3.63, 3.8) is 0 Å². The van der Waals surface area contributed by atoms with E-state index in [1.165, 1.54) is 36.5 Å². The Morgan fingerprint density at radius 3 is 2.45 bits per heavy atom. The zero-order chi connectivity index (χ0) is 15.3. The highest BCUT2D eigenvalue weighted by Crippen LogP contribution is 2.43. The number of thiophene rings is 1. The quantitative estimate of drug-likeness (QED) is 0.378. The lowest BCUT2D eigenvalue weighted by atomic mass is 9.81.